The summed E-state index contributed by atoms with van der Waals surface area (Å²) in [5, 5.41) is 0.654. The van der Waals surface area contributed by atoms with Gasteiger partial charge in [0.05, 0.1) is 6.54 Å². The Morgan fingerprint density at radius 1 is 1.11 bits per heavy atom. The number of anilines is 1. The Bertz CT molecular complexity index is 539. The first-order valence-electron chi connectivity index (χ1n) is 5.66. The SMILES string of the molecule is Cc1c(Cl)cccc1N([C]=O)Cc1ccccc1. The lowest BCUT2D eigenvalue weighted by Crippen LogP contribution is -2.21. The fourth-order valence-corrected chi connectivity index (χ4v) is 1.99. The zero-order valence-corrected chi connectivity index (χ0v) is 10.8. The van der Waals surface area contributed by atoms with Crippen molar-refractivity contribution >= 4 is 23.7 Å². The number of rotatable bonds is 4. The average Bonchev–Trinajstić information content (AvgIpc) is 2.41. The van der Waals surface area contributed by atoms with Gasteiger partial charge in [0.15, 0.2) is 0 Å². The molecule has 2 aromatic carbocycles. The van der Waals surface area contributed by atoms with Gasteiger partial charge in [0.2, 0.25) is 0 Å². The van der Waals surface area contributed by atoms with Gasteiger partial charge >= 0.3 is 6.41 Å². The maximum absolute atomic E-state index is 11.1. The largest absolute Gasteiger partial charge is 0.317 e. The number of nitrogens with zero attached hydrogens (tertiary/aromatic N) is 1. The summed E-state index contributed by atoms with van der Waals surface area (Å²) in [6, 6.07) is 15.3. The van der Waals surface area contributed by atoms with Crippen molar-refractivity contribution in [3.05, 3.63) is 64.7 Å². The highest BCUT2D eigenvalue weighted by molar-refractivity contribution is 6.31. The van der Waals surface area contributed by atoms with E-state index >= 15 is 0 Å². The minimum atomic E-state index is 0.492. The van der Waals surface area contributed by atoms with Gasteiger partial charge in [-0.2, -0.15) is 0 Å². The number of hydrogen-bond acceptors (Lipinski definition) is 1. The van der Waals surface area contributed by atoms with E-state index in [0.717, 1.165) is 16.8 Å². The molecule has 1 radical (unpaired) electrons. The normalized spacial score (nSPS) is 10.1. The monoisotopic (exact) mass is 258 g/mol. The van der Waals surface area contributed by atoms with Crippen molar-refractivity contribution in [2.75, 3.05) is 4.90 Å². The van der Waals surface area contributed by atoms with Crippen molar-refractivity contribution in [2.24, 2.45) is 0 Å². The van der Waals surface area contributed by atoms with Crippen molar-refractivity contribution in [1.29, 1.82) is 0 Å². The Morgan fingerprint density at radius 3 is 2.50 bits per heavy atom. The Hall–Kier alpha value is -1.80. The van der Waals surface area contributed by atoms with Crippen LogP contribution >= 0.6 is 11.6 Å². The summed E-state index contributed by atoms with van der Waals surface area (Å²) in [4.78, 5) is 12.7. The Kier molecular flexibility index (Phi) is 4.00. The third-order valence-electron chi connectivity index (χ3n) is 2.82. The summed E-state index contributed by atoms with van der Waals surface area (Å²) in [7, 11) is 0. The lowest BCUT2D eigenvalue weighted by molar-refractivity contribution is 0.550. The molecule has 0 aliphatic carbocycles. The molecule has 0 bridgehead atoms. The lowest BCUT2D eigenvalue weighted by atomic mass is 10.1. The molecule has 1 amide bonds. The molecule has 18 heavy (non-hydrogen) atoms. The summed E-state index contributed by atoms with van der Waals surface area (Å²) >= 11 is 6.06. The smallest absolute Gasteiger partial charge is 0.299 e. The predicted octanol–water partition coefficient (Wildman–Crippen LogP) is 3.72. The molecule has 0 N–H and O–H groups in total. The van der Waals surface area contributed by atoms with Gasteiger partial charge in [0, 0.05) is 10.7 Å². The molecule has 0 spiro atoms. The van der Waals surface area contributed by atoms with E-state index in [2.05, 4.69) is 0 Å². The molecule has 0 aromatic heterocycles. The van der Waals surface area contributed by atoms with E-state index in [4.69, 9.17) is 11.6 Å². The summed E-state index contributed by atoms with van der Waals surface area (Å²) < 4.78 is 0. The molecule has 3 heteroatoms. The molecular formula is C15H13ClNO. The number of hydrogen-bond donors (Lipinski definition) is 0. The van der Waals surface area contributed by atoms with Crippen molar-refractivity contribution < 1.29 is 4.79 Å². The quantitative estimate of drug-likeness (QED) is 0.766. The molecule has 0 saturated heterocycles. The maximum atomic E-state index is 11.1. The number of amides is 1. The number of halogens is 1. The van der Waals surface area contributed by atoms with Crippen LogP contribution in [-0.4, -0.2) is 6.41 Å². The predicted molar refractivity (Wildman–Crippen MR) is 74.5 cm³/mol. The Morgan fingerprint density at radius 2 is 1.83 bits per heavy atom. The van der Waals surface area contributed by atoms with Crippen LogP contribution in [0, 0.1) is 6.92 Å². The van der Waals surface area contributed by atoms with Crippen LogP contribution in [0.15, 0.2) is 48.5 Å². The molecule has 0 aliphatic rings. The highest BCUT2D eigenvalue weighted by Crippen LogP contribution is 2.26. The second kappa shape index (κ2) is 5.69. The fraction of sp³-hybridized carbons (Fsp3) is 0.133. The highest BCUT2D eigenvalue weighted by Gasteiger charge is 2.11. The van der Waals surface area contributed by atoms with E-state index in [0.29, 0.717) is 11.6 Å². The molecule has 0 unspecified atom stereocenters. The van der Waals surface area contributed by atoms with Crippen LogP contribution in [0.25, 0.3) is 0 Å². The van der Waals surface area contributed by atoms with E-state index < -0.39 is 0 Å². The topological polar surface area (TPSA) is 20.3 Å². The number of benzene rings is 2. The molecule has 2 rings (SSSR count). The van der Waals surface area contributed by atoms with Gasteiger partial charge in [-0.3, -0.25) is 9.69 Å². The van der Waals surface area contributed by atoms with Crippen molar-refractivity contribution in [2.45, 2.75) is 13.5 Å². The van der Waals surface area contributed by atoms with Gasteiger partial charge in [-0.05, 0) is 30.2 Å². The third-order valence-corrected chi connectivity index (χ3v) is 3.23. The summed E-state index contributed by atoms with van der Waals surface area (Å²) in [5.41, 5.74) is 2.74. The van der Waals surface area contributed by atoms with Crippen LogP contribution in [0.1, 0.15) is 11.1 Å². The highest BCUT2D eigenvalue weighted by atomic mass is 35.5. The van der Waals surface area contributed by atoms with Crippen LogP contribution in [0.3, 0.4) is 0 Å². The van der Waals surface area contributed by atoms with Crippen LogP contribution in [0.4, 0.5) is 5.69 Å². The van der Waals surface area contributed by atoms with E-state index in [9.17, 15) is 4.79 Å². The van der Waals surface area contributed by atoms with Crippen molar-refractivity contribution in [3.8, 4) is 0 Å². The van der Waals surface area contributed by atoms with Crippen LogP contribution < -0.4 is 4.90 Å². The van der Waals surface area contributed by atoms with Gasteiger partial charge in [-0.25, -0.2) is 0 Å². The summed E-state index contributed by atoms with van der Waals surface area (Å²) in [6.07, 6.45) is 1.96. The molecule has 91 valence electrons. The van der Waals surface area contributed by atoms with Crippen LogP contribution in [-0.2, 0) is 11.3 Å². The lowest BCUT2D eigenvalue weighted by Gasteiger charge is -2.19. The Labute approximate surface area is 112 Å². The summed E-state index contributed by atoms with van der Waals surface area (Å²) in [6.45, 7) is 2.39. The molecule has 2 nitrogen and oxygen atoms in total. The molecule has 0 atom stereocenters. The second-order valence-electron chi connectivity index (χ2n) is 4.05. The molecule has 0 fully saturated rings. The zero-order valence-electron chi connectivity index (χ0n) is 10.1. The number of carbonyl (C=O) groups excluding carboxylic acids is 1. The van der Waals surface area contributed by atoms with E-state index in [1.807, 2.05) is 61.9 Å². The third kappa shape index (κ3) is 2.71. The molecule has 0 saturated carbocycles. The second-order valence-corrected chi connectivity index (χ2v) is 4.45. The van der Waals surface area contributed by atoms with Gasteiger partial charge in [-0.15, -0.1) is 0 Å². The maximum Gasteiger partial charge on any atom is 0.317 e. The van der Waals surface area contributed by atoms with E-state index in [1.165, 1.54) is 4.90 Å². The molecule has 0 aliphatic heterocycles. The molecular weight excluding hydrogens is 246 g/mol. The average molecular weight is 259 g/mol. The van der Waals surface area contributed by atoms with Gasteiger partial charge in [0.25, 0.3) is 0 Å². The van der Waals surface area contributed by atoms with Crippen LogP contribution in [0.5, 0.6) is 0 Å². The van der Waals surface area contributed by atoms with Crippen molar-refractivity contribution in [1.82, 2.24) is 0 Å². The Balaban J connectivity index is 2.29. The van der Waals surface area contributed by atoms with E-state index in [1.54, 1.807) is 0 Å². The van der Waals surface area contributed by atoms with E-state index in [-0.39, 0.29) is 0 Å². The van der Waals surface area contributed by atoms with Gasteiger partial charge in [0.1, 0.15) is 0 Å². The first-order valence-corrected chi connectivity index (χ1v) is 6.04. The van der Waals surface area contributed by atoms with Crippen molar-refractivity contribution in [3.63, 3.8) is 0 Å². The summed E-state index contributed by atoms with van der Waals surface area (Å²) in [5.74, 6) is 0. The fourth-order valence-electron chi connectivity index (χ4n) is 1.82. The standard InChI is InChI=1S/C15H13ClNO/c1-12-14(16)8-5-9-15(12)17(11-18)10-13-6-3-2-4-7-13/h2-9H,10H2,1H3. The molecule has 0 heterocycles. The molecule has 2 aromatic rings. The minimum absolute atomic E-state index is 0.492. The van der Waals surface area contributed by atoms with Gasteiger partial charge in [-0.1, -0.05) is 48.0 Å². The zero-order chi connectivity index (χ0) is 13.0. The van der Waals surface area contributed by atoms with Crippen LogP contribution in [0.2, 0.25) is 5.02 Å². The minimum Gasteiger partial charge on any atom is -0.299 e. The van der Waals surface area contributed by atoms with Gasteiger partial charge < -0.3 is 0 Å². The first-order chi connectivity index (χ1) is 8.72. The first kappa shape index (κ1) is 12.7.